The van der Waals surface area contributed by atoms with E-state index < -0.39 is 0 Å². The second kappa shape index (κ2) is 5.62. The van der Waals surface area contributed by atoms with Gasteiger partial charge in [-0.25, -0.2) is 9.18 Å². The highest BCUT2D eigenvalue weighted by molar-refractivity contribution is 5.87. The number of esters is 1. The van der Waals surface area contributed by atoms with Gasteiger partial charge in [0.15, 0.2) is 0 Å². The first-order chi connectivity index (χ1) is 7.87. The number of carbonyl (C=O) groups is 1. The summed E-state index contributed by atoms with van der Waals surface area (Å²) >= 11 is 0. The van der Waals surface area contributed by atoms with Crippen molar-refractivity contribution in [3.05, 3.63) is 41.7 Å². The Balaban J connectivity index is 2.48. The number of halogens is 1. The maximum absolute atomic E-state index is 12.6. The van der Waals surface area contributed by atoms with E-state index >= 15 is 0 Å². The zero-order valence-electron chi connectivity index (χ0n) is 10.4. The van der Waals surface area contributed by atoms with Gasteiger partial charge in [0.25, 0.3) is 0 Å². The van der Waals surface area contributed by atoms with Gasteiger partial charge in [0.2, 0.25) is 0 Å². The third-order valence-electron chi connectivity index (χ3n) is 1.93. The molecule has 0 aliphatic heterocycles. The van der Waals surface area contributed by atoms with E-state index in [1.54, 1.807) is 18.2 Å². The maximum Gasteiger partial charge on any atom is 0.330 e. The lowest BCUT2D eigenvalue weighted by Crippen LogP contribution is -2.17. The van der Waals surface area contributed by atoms with Crippen LogP contribution >= 0.6 is 0 Å². The molecule has 0 N–H and O–H groups in total. The minimum Gasteiger partial charge on any atom is -0.462 e. The van der Waals surface area contributed by atoms with Gasteiger partial charge >= 0.3 is 5.97 Å². The Morgan fingerprint density at radius 3 is 2.41 bits per heavy atom. The van der Waals surface area contributed by atoms with Gasteiger partial charge in [0.1, 0.15) is 5.82 Å². The molecule has 0 spiro atoms. The van der Waals surface area contributed by atoms with E-state index in [0.29, 0.717) is 6.61 Å². The molecule has 0 radical (unpaired) electrons. The van der Waals surface area contributed by atoms with Crippen LogP contribution in [0.25, 0.3) is 6.08 Å². The molecular weight excluding hydrogens is 219 g/mol. The minimum atomic E-state index is -0.385. The van der Waals surface area contributed by atoms with Crippen LogP contribution in [-0.2, 0) is 9.53 Å². The summed E-state index contributed by atoms with van der Waals surface area (Å²) in [5.74, 6) is -0.679. The van der Waals surface area contributed by atoms with E-state index in [1.165, 1.54) is 18.2 Å². The van der Waals surface area contributed by atoms with Crippen molar-refractivity contribution in [2.24, 2.45) is 5.41 Å². The van der Waals surface area contributed by atoms with Crippen LogP contribution in [0.3, 0.4) is 0 Å². The summed E-state index contributed by atoms with van der Waals surface area (Å²) < 4.78 is 17.7. The Bertz CT molecular complexity index is 399. The van der Waals surface area contributed by atoms with Gasteiger partial charge in [0, 0.05) is 6.08 Å². The van der Waals surface area contributed by atoms with Crippen molar-refractivity contribution in [3.8, 4) is 0 Å². The molecule has 2 nitrogen and oxygen atoms in total. The molecule has 0 saturated carbocycles. The molecule has 0 saturated heterocycles. The van der Waals surface area contributed by atoms with Gasteiger partial charge in [-0.2, -0.15) is 0 Å². The van der Waals surface area contributed by atoms with Crippen LogP contribution in [0.15, 0.2) is 30.3 Å². The van der Waals surface area contributed by atoms with Crippen molar-refractivity contribution in [3.63, 3.8) is 0 Å². The highest BCUT2D eigenvalue weighted by Gasteiger charge is 2.12. The normalized spacial score (nSPS) is 11.8. The molecule has 1 aromatic carbocycles. The van der Waals surface area contributed by atoms with Crippen LogP contribution in [0.1, 0.15) is 26.3 Å². The second-order valence-electron chi connectivity index (χ2n) is 5.05. The quantitative estimate of drug-likeness (QED) is 0.593. The average Bonchev–Trinajstić information content (AvgIpc) is 2.25. The van der Waals surface area contributed by atoms with Gasteiger partial charge in [-0.15, -0.1) is 0 Å². The molecular formula is C14H17FO2. The Morgan fingerprint density at radius 2 is 1.88 bits per heavy atom. The summed E-state index contributed by atoms with van der Waals surface area (Å²) in [6, 6.07) is 5.89. The molecule has 1 aromatic rings. The molecule has 17 heavy (non-hydrogen) atoms. The van der Waals surface area contributed by atoms with Crippen molar-refractivity contribution in [1.29, 1.82) is 0 Å². The predicted molar refractivity (Wildman–Crippen MR) is 65.8 cm³/mol. The summed E-state index contributed by atoms with van der Waals surface area (Å²) in [6.45, 7) is 6.34. The molecule has 0 fully saturated rings. The molecule has 0 heterocycles. The first kappa shape index (κ1) is 13.4. The van der Waals surface area contributed by atoms with Crippen LogP contribution in [0, 0.1) is 11.2 Å². The van der Waals surface area contributed by atoms with E-state index in [4.69, 9.17) is 4.74 Å². The Morgan fingerprint density at radius 1 is 1.29 bits per heavy atom. The van der Waals surface area contributed by atoms with Crippen molar-refractivity contribution >= 4 is 12.0 Å². The fraction of sp³-hybridized carbons (Fsp3) is 0.357. The summed E-state index contributed by atoms with van der Waals surface area (Å²) in [5.41, 5.74) is 0.721. The predicted octanol–water partition coefficient (Wildman–Crippen LogP) is 3.43. The van der Waals surface area contributed by atoms with Gasteiger partial charge in [-0.05, 0) is 29.2 Å². The van der Waals surface area contributed by atoms with Crippen molar-refractivity contribution < 1.29 is 13.9 Å². The van der Waals surface area contributed by atoms with E-state index in [-0.39, 0.29) is 17.2 Å². The number of benzene rings is 1. The number of ether oxygens (including phenoxy) is 1. The van der Waals surface area contributed by atoms with Gasteiger partial charge in [-0.3, -0.25) is 0 Å². The van der Waals surface area contributed by atoms with Crippen molar-refractivity contribution in [2.75, 3.05) is 6.61 Å². The molecule has 0 atom stereocenters. The first-order valence-electron chi connectivity index (χ1n) is 5.47. The Kier molecular flexibility index (Phi) is 4.44. The Labute approximate surface area is 101 Å². The summed E-state index contributed by atoms with van der Waals surface area (Å²) in [6.07, 6.45) is 2.95. The van der Waals surface area contributed by atoms with E-state index in [2.05, 4.69) is 0 Å². The first-order valence-corrected chi connectivity index (χ1v) is 5.47. The fourth-order valence-electron chi connectivity index (χ4n) is 1.07. The third kappa shape index (κ3) is 5.85. The monoisotopic (exact) mass is 236 g/mol. The number of carbonyl (C=O) groups excluding carboxylic acids is 1. The number of rotatable bonds is 3. The molecule has 0 amide bonds. The third-order valence-corrected chi connectivity index (χ3v) is 1.93. The smallest absolute Gasteiger partial charge is 0.330 e. The topological polar surface area (TPSA) is 26.3 Å². The summed E-state index contributed by atoms with van der Waals surface area (Å²) in [5, 5.41) is 0. The van der Waals surface area contributed by atoms with Crippen LogP contribution in [0.5, 0.6) is 0 Å². The number of hydrogen-bond donors (Lipinski definition) is 0. The largest absolute Gasteiger partial charge is 0.462 e. The van der Waals surface area contributed by atoms with Crippen molar-refractivity contribution in [1.82, 2.24) is 0 Å². The molecule has 1 rings (SSSR count). The molecule has 0 aliphatic carbocycles. The lowest BCUT2D eigenvalue weighted by Gasteiger charge is -2.16. The van der Waals surface area contributed by atoms with Crippen molar-refractivity contribution in [2.45, 2.75) is 20.8 Å². The zero-order chi connectivity index (χ0) is 12.9. The minimum absolute atomic E-state index is 0.0423. The summed E-state index contributed by atoms with van der Waals surface area (Å²) in [4.78, 5) is 11.3. The average molecular weight is 236 g/mol. The molecule has 92 valence electrons. The lowest BCUT2D eigenvalue weighted by atomic mass is 9.99. The van der Waals surface area contributed by atoms with Crippen LogP contribution in [-0.4, -0.2) is 12.6 Å². The van der Waals surface area contributed by atoms with E-state index in [1.807, 2.05) is 20.8 Å². The second-order valence-corrected chi connectivity index (χ2v) is 5.05. The highest BCUT2D eigenvalue weighted by atomic mass is 19.1. The van der Waals surface area contributed by atoms with E-state index in [0.717, 1.165) is 5.56 Å². The standard InChI is InChI=1S/C14H17FO2/c1-14(2,3)10-17-13(16)9-6-11-4-7-12(15)8-5-11/h4-9H,10H2,1-3H3/b9-6+. The highest BCUT2D eigenvalue weighted by Crippen LogP contribution is 2.13. The molecule has 3 heteroatoms. The zero-order valence-corrected chi connectivity index (χ0v) is 10.4. The van der Waals surface area contributed by atoms with Crippen LogP contribution < -0.4 is 0 Å². The molecule has 0 bridgehead atoms. The van der Waals surface area contributed by atoms with Gasteiger partial charge in [0.05, 0.1) is 6.61 Å². The lowest BCUT2D eigenvalue weighted by molar-refractivity contribution is -0.140. The SMILES string of the molecule is CC(C)(C)COC(=O)/C=C/c1ccc(F)cc1. The van der Waals surface area contributed by atoms with Crippen LogP contribution in [0.4, 0.5) is 4.39 Å². The molecule has 0 aliphatic rings. The molecule has 0 unspecified atom stereocenters. The van der Waals surface area contributed by atoms with Crippen LogP contribution in [0.2, 0.25) is 0 Å². The van der Waals surface area contributed by atoms with Gasteiger partial charge < -0.3 is 4.74 Å². The van der Waals surface area contributed by atoms with Gasteiger partial charge in [-0.1, -0.05) is 32.9 Å². The Hall–Kier alpha value is -1.64. The molecule has 0 aromatic heterocycles. The number of hydrogen-bond acceptors (Lipinski definition) is 2. The fourth-order valence-corrected chi connectivity index (χ4v) is 1.07. The summed E-state index contributed by atoms with van der Waals surface area (Å²) in [7, 11) is 0. The van der Waals surface area contributed by atoms with E-state index in [9.17, 15) is 9.18 Å². The maximum atomic E-state index is 12.6.